The SMILES string of the molecule is O=C(Cc1ccn[nH]1)Nc1ccccc1Sc1ccccc1. The van der Waals surface area contributed by atoms with Crippen molar-refractivity contribution in [1.29, 1.82) is 0 Å². The van der Waals surface area contributed by atoms with Crippen molar-refractivity contribution in [1.82, 2.24) is 10.2 Å². The standard InChI is InChI=1S/C17H15N3OS/c21-17(12-13-10-11-18-20-13)19-15-8-4-5-9-16(15)22-14-6-2-1-3-7-14/h1-11H,12H2,(H,18,20)(H,19,21). The normalized spacial score (nSPS) is 10.4. The number of nitrogens with zero attached hydrogens (tertiary/aromatic N) is 1. The Hall–Kier alpha value is -2.53. The number of hydrogen-bond donors (Lipinski definition) is 2. The monoisotopic (exact) mass is 309 g/mol. The van der Waals surface area contributed by atoms with Crippen LogP contribution in [0.3, 0.4) is 0 Å². The molecule has 110 valence electrons. The largest absolute Gasteiger partial charge is 0.325 e. The highest BCUT2D eigenvalue weighted by Crippen LogP contribution is 2.33. The predicted molar refractivity (Wildman–Crippen MR) is 87.9 cm³/mol. The van der Waals surface area contributed by atoms with Crippen molar-refractivity contribution >= 4 is 23.4 Å². The van der Waals surface area contributed by atoms with Gasteiger partial charge in [0.1, 0.15) is 0 Å². The molecule has 4 nitrogen and oxygen atoms in total. The Labute approximate surface area is 133 Å². The maximum Gasteiger partial charge on any atom is 0.230 e. The van der Waals surface area contributed by atoms with Gasteiger partial charge in [-0.2, -0.15) is 5.10 Å². The predicted octanol–water partition coefficient (Wildman–Crippen LogP) is 3.74. The zero-order valence-electron chi connectivity index (χ0n) is 11.8. The van der Waals surface area contributed by atoms with E-state index in [-0.39, 0.29) is 12.3 Å². The summed E-state index contributed by atoms with van der Waals surface area (Å²) in [7, 11) is 0. The number of aromatic amines is 1. The number of hydrogen-bond acceptors (Lipinski definition) is 3. The van der Waals surface area contributed by atoms with E-state index in [0.29, 0.717) is 0 Å². The van der Waals surface area contributed by atoms with Crippen molar-refractivity contribution in [3.63, 3.8) is 0 Å². The first-order valence-corrected chi connectivity index (χ1v) is 7.73. The molecule has 0 aliphatic carbocycles. The van der Waals surface area contributed by atoms with Gasteiger partial charge in [-0.15, -0.1) is 0 Å². The van der Waals surface area contributed by atoms with Crippen LogP contribution in [0.2, 0.25) is 0 Å². The van der Waals surface area contributed by atoms with Crippen LogP contribution in [0.4, 0.5) is 5.69 Å². The number of amides is 1. The fourth-order valence-electron chi connectivity index (χ4n) is 2.02. The first kappa shape index (κ1) is 14.4. The topological polar surface area (TPSA) is 57.8 Å². The number of nitrogens with one attached hydrogen (secondary N) is 2. The van der Waals surface area contributed by atoms with Crippen LogP contribution in [0.1, 0.15) is 5.69 Å². The lowest BCUT2D eigenvalue weighted by molar-refractivity contribution is -0.115. The highest BCUT2D eigenvalue weighted by atomic mass is 32.2. The van der Waals surface area contributed by atoms with E-state index in [1.165, 1.54) is 0 Å². The molecule has 1 heterocycles. The zero-order valence-corrected chi connectivity index (χ0v) is 12.6. The van der Waals surface area contributed by atoms with Crippen LogP contribution in [-0.4, -0.2) is 16.1 Å². The molecule has 0 radical (unpaired) electrons. The van der Waals surface area contributed by atoms with Crippen LogP contribution in [0, 0.1) is 0 Å². The van der Waals surface area contributed by atoms with E-state index in [4.69, 9.17) is 0 Å². The molecule has 1 amide bonds. The van der Waals surface area contributed by atoms with Gasteiger partial charge in [-0.05, 0) is 30.3 Å². The summed E-state index contributed by atoms with van der Waals surface area (Å²) < 4.78 is 0. The number of benzene rings is 2. The van der Waals surface area contributed by atoms with Crippen molar-refractivity contribution in [2.24, 2.45) is 0 Å². The van der Waals surface area contributed by atoms with Gasteiger partial charge in [0.05, 0.1) is 12.1 Å². The second-order valence-corrected chi connectivity index (χ2v) is 5.83. The van der Waals surface area contributed by atoms with Crippen LogP contribution in [0.15, 0.2) is 76.7 Å². The molecule has 3 rings (SSSR count). The molecule has 3 aromatic rings. The molecule has 0 atom stereocenters. The highest BCUT2D eigenvalue weighted by Gasteiger charge is 2.09. The van der Waals surface area contributed by atoms with Crippen LogP contribution >= 0.6 is 11.8 Å². The molecule has 0 saturated heterocycles. The van der Waals surface area contributed by atoms with Crippen molar-refractivity contribution in [3.05, 3.63) is 72.6 Å². The van der Waals surface area contributed by atoms with Gasteiger partial charge in [0, 0.05) is 21.7 Å². The number of para-hydroxylation sites is 1. The molecule has 0 aliphatic rings. The van der Waals surface area contributed by atoms with E-state index in [9.17, 15) is 4.79 Å². The third-order valence-corrected chi connectivity index (χ3v) is 4.13. The quantitative estimate of drug-likeness (QED) is 0.755. The van der Waals surface area contributed by atoms with Gasteiger partial charge in [-0.3, -0.25) is 9.89 Å². The zero-order chi connectivity index (χ0) is 15.2. The van der Waals surface area contributed by atoms with Crippen LogP contribution in [-0.2, 0) is 11.2 Å². The molecular formula is C17H15N3OS. The number of aromatic nitrogens is 2. The molecule has 0 saturated carbocycles. The van der Waals surface area contributed by atoms with E-state index in [0.717, 1.165) is 21.2 Å². The lowest BCUT2D eigenvalue weighted by Gasteiger charge is -2.10. The number of carbonyl (C=O) groups excluding carboxylic acids is 1. The highest BCUT2D eigenvalue weighted by molar-refractivity contribution is 7.99. The van der Waals surface area contributed by atoms with E-state index in [2.05, 4.69) is 15.5 Å². The lowest BCUT2D eigenvalue weighted by Crippen LogP contribution is -2.15. The number of rotatable bonds is 5. The summed E-state index contributed by atoms with van der Waals surface area (Å²) in [4.78, 5) is 14.3. The molecule has 2 N–H and O–H groups in total. The lowest BCUT2D eigenvalue weighted by atomic mass is 10.2. The first-order valence-electron chi connectivity index (χ1n) is 6.91. The minimum Gasteiger partial charge on any atom is -0.325 e. The maximum atomic E-state index is 12.1. The molecule has 0 aliphatic heterocycles. The average molecular weight is 309 g/mol. The third kappa shape index (κ3) is 3.77. The molecule has 22 heavy (non-hydrogen) atoms. The van der Waals surface area contributed by atoms with Gasteiger partial charge < -0.3 is 5.32 Å². The molecule has 0 fully saturated rings. The average Bonchev–Trinajstić information content (AvgIpc) is 3.03. The van der Waals surface area contributed by atoms with Crippen molar-refractivity contribution in [3.8, 4) is 0 Å². The minimum atomic E-state index is -0.0645. The Morgan fingerprint density at radius 2 is 1.82 bits per heavy atom. The fraction of sp³-hybridized carbons (Fsp3) is 0.0588. The molecule has 0 bridgehead atoms. The first-order chi connectivity index (χ1) is 10.8. The Morgan fingerprint density at radius 3 is 2.59 bits per heavy atom. The van der Waals surface area contributed by atoms with Gasteiger partial charge in [-0.1, -0.05) is 42.1 Å². The summed E-state index contributed by atoms with van der Waals surface area (Å²) in [5.74, 6) is -0.0645. The molecule has 2 aromatic carbocycles. The van der Waals surface area contributed by atoms with Gasteiger partial charge in [0.25, 0.3) is 0 Å². The van der Waals surface area contributed by atoms with Crippen molar-refractivity contribution < 1.29 is 4.79 Å². The van der Waals surface area contributed by atoms with Gasteiger partial charge in [0.15, 0.2) is 0 Å². The van der Waals surface area contributed by atoms with Crippen molar-refractivity contribution in [2.45, 2.75) is 16.2 Å². The number of H-pyrrole nitrogens is 1. The smallest absolute Gasteiger partial charge is 0.230 e. The minimum absolute atomic E-state index is 0.0645. The third-order valence-electron chi connectivity index (χ3n) is 3.04. The summed E-state index contributed by atoms with van der Waals surface area (Å²) in [5.41, 5.74) is 1.62. The summed E-state index contributed by atoms with van der Waals surface area (Å²) in [5, 5.41) is 9.60. The Morgan fingerprint density at radius 1 is 1.05 bits per heavy atom. The molecular weight excluding hydrogens is 294 g/mol. The second kappa shape index (κ2) is 6.95. The fourth-order valence-corrected chi connectivity index (χ4v) is 2.95. The molecule has 5 heteroatoms. The second-order valence-electron chi connectivity index (χ2n) is 4.72. The Bertz CT molecular complexity index is 742. The van der Waals surface area contributed by atoms with E-state index in [1.54, 1.807) is 24.0 Å². The maximum absolute atomic E-state index is 12.1. The van der Waals surface area contributed by atoms with E-state index in [1.807, 2.05) is 54.6 Å². The Balaban J connectivity index is 1.72. The van der Waals surface area contributed by atoms with Crippen LogP contribution < -0.4 is 5.32 Å². The molecule has 0 unspecified atom stereocenters. The van der Waals surface area contributed by atoms with Gasteiger partial charge in [0.2, 0.25) is 5.91 Å². The van der Waals surface area contributed by atoms with Gasteiger partial charge >= 0.3 is 0 Å². The van der Waals surface area contributed by atoms with E-state index >= 15 is 0 Å². The summed E-state index contributed by atoms with van der Waals surface area (Å²) in [6.45, 7) is 0. The summed E-state index contributed by atoms with van der Waals surface area (Å²) >= 11 is 1.63. The van der Waals surface area contributed by atoms with E-state index < -0.39 is 0 Å². The molecule has 0 spiro atoms. The number of anilines is 1. The Kier molecular flexibility index (Phi) is 4.56. The van der Waals surface area contributed by atoms with Gasteiger partial charge in [-0.25, -0.2) is 0 Å². The molecule has 1 aromatic heterocycles. The van der Waals surface area contributed by atoms with Crippen LogP contribution in [0.25, 0.3) is 0 Å². The number of carbonyl (C=O) groups is 1. The summed E-state index contributed by atoms with van der Waals surface area (Å²) in [6.07, 6.45) is 1.92. The summed E-state index contributed by atoms with van der Waals surface area (Å²) in [6, 6.07) is 19.7. The van der Waals surface area contributed by atoms with Crippen molar-refractivity contribution in [2.75, 3.05) is 5.32 Å². The van der Waals surface area contributed by atoms with Crippen LogP contribution in [0.5, 0.6) is 0 Å².